The molecule has 0 aliphatic carbocycles. The van der Waals surface area contributed by atoms with E-state index < -0.39 is 0 Å². The van der Waals surface area contributed by atoms with E-state index in [1.165, 1.54) is 18.1 Å². The predicted molar refractivity (Wildman–Crippen MR) is 114 cm³/mol. The average molecular weight is 455 g/mol. The lowest BCUT2D eigenvalue weighted by atomic mass is 10.2. The second-order valence-electron chi connectivity index (χ2n) is 6.29. The Hall–Kier alpha value is -3.01. The lowest BCUT2D eigenvalue weighted by Crippen LogP contribution is -2.02. The van der Waals surface area contributed by atoms with E-state index in [9.17, 15) is 0 Å². The molecule has 0 N–H and O–H groups in total. The summed E-state index contributed by atoms with van der Waals surface area (Å²) in [6, 6.07) is 11.1. The first-order chi connectivity index (χ1) is 14.6. The number of halogens is 2. The Morgan fingerprint density at radius 2 is 1.93 bits per heavy atom. The molecule has 5 rings (SSSR count). The molecule has 0 saturated heterocycles. The van der Waals surface area contributed by atoms with E-state index in [-0.39, 0.29) is 0 Å². The summed E-state index contributed by atoms with van der Waals surface area (Å²) < 4.78 is 3.57. The number of nitrogens with zero attached hydrogens (tertiary/aromatic N) is 8. The molecule has 0 aliphatic heterocycles. The first-order valence-corrected chi connectivity index (χ1v) is 10.3. The molecule has 4 heterocycles. The summed E-state index contributed by atoms with van der Waals surface area (Å²) in [6.07, 6.45) is 4.91. The van der Waals surface area contributed by atoms with E-state index in [2.05, 4.69) is 30.2 Å². The molecule has 0 bridgehead atoms. The molecule has 5 aromatic rings. The molecule has 148 valence electrons. The Morgan fingerprint density at radius 1 is 1.03 bits per heavy atom. The van der Waals surface area contributed by atoms with Crippen molar-refractivity contribution in [2.24, 2.45) is 0 Å². The van der Waals surface area contributed by atoms with E-state index >= 15 is 0 Å². The van der Waals surface area contributed by atoms with Crippen LogP contribution in [0.2, 0.25) is 10.0 Å². The van der Waals surface area contributed by atoms with Crippen LogP contribution < -0.4 is 0 Å². The first kappa shape index (κ1) is 19.0. The second-order valence-corrected chi connectivity index (χ2v) is 8.09. The van der Waals surface area contributed by atoms with Crippen LogP contribution in [0.4, 0.5) is 0 Å². The van der Waals surface area contributed by atoms with Crippen LogP contribution in [0.5, 0.6) is 0 Å². The molecule has 0 fully saturated rings. The molecule has 0 aliphatic rings. The fourth-order valence-corrected chi connectivity index (χ4v) is 4.23. The van der Waals surface area contributed by atoms with Crippen molar-refractivity contribution in [2.45, 2.75) is 17.1 Å². The Kier molecular flexibility index (Phi) is 4.86. The van der Waals surface area contributed by atoms with Crippen molar-refractivity contribution in [3.05, 3.63) is 70.9 Å². The fraction of sp³-hybridized carbons (Fsp3) is 0.0526. The number of benzene rings is 1. The Morgan fingerprint density at radius 3 is 2.73 bits per heavy atom. The highest BCUT2D eigenvalue weighted by Gasteiger charge is 2.19. The van der Waals surface area contributed by atoms with Crippen LogP contribution in [0.3, 0.4) is 0 Å². The van der Waals surface area contributed by atoms with Crippen molar-refractivity contribution < 1.29 is 0 Å². The summed E-state index contributed by atoms with van der Waals surface area (Å²) in [6.45, 7) is 1.91. The van der Waals surface area contributed by atoms with Crippen LogP contribution in [-0.2, 0) is 0 Å². The van der Waals surface area contributed by atoms with Crippen LogP contribution >= 0.6 is 35.0 Å². The molecule has 1 aromatic carbocycles. The zero-order valence-corrected chi connectivity index (χ0v) is 17.8. The van der Waals surface area contributed by atoms with E-state index in [1.807, 2.05) is 35.8 Å². The summed E-state index contributed by atoms with van der Waals surface area (Å²) in [5, 5.41) is 15.4. The van der Waals surface area contributed by atoms with Crippen molar-refractivity contribution >= 4 is 40.7 Å². The molecule has 0 saturated carbocycles. The summed E-state index contributed by atoms with van der Waals surface area (Å²) in [5.41, 5.74) is 2.42. The summed E-state index contributed by atoms with van der Waals surface area (Å²) in [4.78, 5) is 12.8. The van der Waals surface area contributed by atoms with Gasteiger partial charge in [0.2, 0.25) is 5.16 Å². The summed E-state index contributed by atoms with van der Waals surface area (Å²) in [7, 11) is 0. The van der Waals surface area contributed by atoms with Gasteiger partial charge in [-0.1, -0.05) is 23.2 Å². The molecular formula is C19H12Cl2N8S. The van der Waals surface area contributed by atoms with E-state index in [4.69, 9.17) is 23.2 Å². The highest BCUT2D eigenvalue weighted by atomic mass is 35.5. The number of rotatable bonds is 4. The lowest BCUT2D eigenvalue weighted by Gasteiger charge is -2.11. The quantitative estimate of drug-likeness (QED) is 0.368. The SMILES string of the molecule is Cc1cc(Sc2nnc(-c3cccnc3)n2-c2ccc(Cl)c(Cl)c2)n2ncnc2n1. The zero-order chi connectivity index (χ0) is 20.7. The highest BCUT2D eigenvalue weighted by molar-refractivity contribution is 7.99. The predicted octanol–water partition coefficient (Wildman–Crippen LogP) is 4.53. The smallest absolute Gasteiger partial charge is 0.253 e. The largest absolute Gasteiger partial charge is 0.270 e. The van der Waals surface area contributed by atoms with Gasteiger partial charge in [0.25, 0.3) is 5.78 Å². The van der Waals surface area contributed by atoms with Gasteiger partial charge in [-0.15, -0.1) is 10.2 Å². The van der Waals surface area contributed by atoms with Gasteiger partial charge in [0.05, 0.1) is 15.7 Å². The monoisotopic (exact) mass is 454 g/mol. The molecular weight excluding hydrogens is 443 g/mol. The molecule has 0 unspecified atom stereocenters. The van der Waals surface area contributed by atoms with Gasteiger partial charge in [0.15, 0.2) is 5.82 Å². The maximum Gasteiger partial charge on any atom is 0.253 e. The van der Waals surface area contributed by atoms with Gasteiger partial charge in [0.1, 0.15) is 11.4 Å². The number of aryl methyl sites for hydroxylation is 1. The van der Waals surface area contributed by atoms with Crippen molar-refractivity contribution in [3.8, 4) is 17.1 Å². The van der Waals surface area contributed by atoms with Gasteiger partial charge in [0, 0.05) is 23.7 Å². The number of hydrogen-bond donors (Lipinski definition) is 0. The standard InChI is InChI=1S/C19H12Cl2N8S/c1-11-7-16(29-18(25-11)23-10-24-29)30-19-27-26-17(12-3-2-6-22-9-12)28(19)13-4-5-14(20)15(21)8-13/h2-10H,1H3. The van der Waals surface area contributed by atoms with Gasteiger partial charge < -0.3 is 0 Å². The Balaban J connectivity index is 1.69. The van der Waals surface area contributed by atoms with Crippen LogP contribution in [0, 0.1) is 6.92 Å². The summed E-state index contributed by atoms with van der Waals surface area (Å²) in [5.74, 6) is 1.15. The number of hydrogen-bond acceptors (Lipinski definition) is 7. The molecule has 30 heavy (non-hydrogen) atoms. The minimum absolute atomic E-state index is 0.439. The van der Waals surface area contributed by atoms with Gasteiger partial charge in [-0.2, -0.15) is 14.6 Å². The lowest BCUT2D eigenvalue weighted by molar-refractivity contribution is 0.821. The van der Waals surface area contributed by atoms with Crippen LogP contribution in [0.15, 0.2) is 65.3 Å². The highest BCUT2D eigenvalue weighted by Crippen LogP contribution is 2.34. The Labute approximate surface area is 184 Å². The van der Waals surface area contributed by atoms with E-state index in [0.717, 1.165) is 22.0 Å². The third-order valence-corrected chi connectivity index (χ3v) is 5.94. The second kappa shape index (κ2) is 7.67. The number of fused-ring (bicyclic) bond motifs is 1. The molecule has 4 aromatic heterocycles. The molecule has 11 heteroatoms. The normalized spacial score (nSPS) is 11.3. The van der Waals surface area contributed by atoms with Crippen LogP contribution in [-0.4, -0.2) is 39.3 Å². The molecule has 0 spiro atoms. The Bertz CT molecular complexity index is 1370. The van der Waals surface area contributed by atoms with Crippen molar-refractivity contribution in [2.75, 3.05) is 0 Å². The van der Waals surface area contributed by atoms with Crippen molar-refractivity contribution in [1.82, 2.24) is 39.3 Å². The summed E-state index contributed by atoms with van der Waals surface area (Å²) >= 11 is 13.8. The van der Waals surface area contributed by atoms with E-state index in [1.54, 1.807) is 29.0 Å². The molecule has 8 nitrogen and oxygen atoms in total. The van der Waals surface area contributed by atoms with E-state index in [0.29, 0.717) is 26.8 Å². The fourth-order valence-electron chi connectivity index (χ4n) is 2.94. The minimum atomic E-state index is 0.439. The minimum Gasteiger partial charge on any atom is -0.270 e. The van der Waals surface area contributed by atoms with Crippen LogP contribution in [0.1, 0.15) is 5.69 Å². The zero-order valence-electron chi connectivity index (χ0n) is 15.4. The van der Waals surface area contributed by atoms with Gasteiger partial charge in [-0.25, -0.2) is 4.98 Å². The topological polar surface area (TPSA) is 86.7 Å². The maximum atomic E-state index is 6.29. The molecule has 0 atom stereocenters. The van der Waals surface area contributed by atoms with Gasteiger partial charge >= 0.3 is 0 Å². The third-order valence-electron chi connectivity index (χ3n) is 4.26. The third kappa shape index (κ3) is 3.41. The first-order valence-electron chi connectivity index (χ1n) is 8.76. The maximum absolute atomic E-state index is 6.29. The van der Waals surface area contributed by atoms with Crippen LogP contribution in [0.25, 0.3) is 22.9 Å². The average Bonchev–Trinajstić information content (AvgIpc) is 3.38. The van der Waals surface area contributed by atoms with Crippen molar-refractivity contribution in [3.63, 3.8) is 0 Å². The number of pyridine rings is 1. The van der Waals surface area contributed by atoms with Gasteiger partial charge in [-0.3, -0.25) is 9.55 Å². The number of aromatic nitrogens is 8. The molecule has 0 radical (unpaired) electrons. The van der Waals surface area contributed by atoms with Gasteiger partial charge in [-0.05, 0) is 55.1 Å². The molecule has 0 amide bonds. The van der Waals surface area contributed by atoms with Crippen molar-refractivity contribution in [1.29, 1.82) is 0 Å².